The van der Waals surface area contributed by atoms with E-state index >= 15 is 0 Å². The molecule has 0 spiro atoms. The zero-order chi connectivity index (χ0) is 18.2. The molecule has 2 heterocycles. The number of fused-ring (bicyclic) bond motifs is 1. The lowest BCUT2D eigenvalue weighted by molar-refractivity contribution is -0.159. The van der Waals surface area contributed by atoms with Gasteiger partial charge in [0.15, 0.2) is 5.82 Å². The Kier molecular flexibility index (Phi) is 4.19. The fraction of sp³-hybridized carbons (Fsp3) is 0.333. The van der Waals surface area contributed by atoms with Crippen molar-refractivity contribution < 1.29 is 27.3 Å². The number of anilines is 1. The molecule has 1 aliphatic heterocycles. The van der Waals surface area contributed by atoms with E-state index in [1.807, 2.05) is 6.07 Å². The minimum absolute atomic E-state index is 0.300. The van der Waals surface area contributed by atoms with Crippen LogP contribution in [0.3, 0.4) is 0 Å². The predicted molar refractivity (Wildman–Crippen MR) is 78.2 cm³/mol. The predicted octanol–water partition coefficient (Wildman–Crippen LogP) is 1.68. The molecule has 2 aromatic rings. The molecule has 1 aliphatic rings. The Morgan fingerprint density at radius 2 is 2.08 bits per heavy atom. The van der Waals surface area contributed by atoms with Gasteiger partial charge in [0.25, 0.3) is 0 Å². The minimum Gasteiger partial charge on any atom is -0.347 e. The molecule has 0 saturated carbocycles. The van der Waals surface area contributed by atoms with E-state index in [0.29, 0.717) is 12.1 Å². The van der Waals surface area contributed by atoms with Crippen LogP contribution in [0.25, 0.3) is 0 Å². The minimum atomic E-state index is -4.74. The molecule has 1 atom stereocenters. The Labute approximate surface area is 139 Å². The molecule has 0 aliphatic carbocycles. The summed E-state index contributed by atoms with van der Waals surface area (Å²) in [4.78, 5) is 28.8. The van der Waals surface area contributed by atoms with Gasteiger partial charge in [-0.05, 0) is 11.6 Å². The van der Waals surface area contributed by atoms with Crippen molar-refractivity contribution in [3.63, 3.8) is 0 Å². The van der Waals surface area contributed by atoms with Crippen LogP contribution < -0.4 is 10.2 Å². The number of benzene rings is 1. The second kappa shape index (κ2) is 6.19. The van der Waals surface area contributed by atoms with E-state index in [2.05, 4.69) is 20.0 Å². The van der Waals surface area contributed by atoms with Crippen molar-refractivity contribution in [1.29, 1.82) is 0 Å². The van der Waals surface area contributed by atoms with Crippen LogP contribution in [0.15, 0.2) is 28.8 Å². The summed E-state index contributed by atoms with van der Waals surface area (Å²) in [5, 5.41) is 5.61. The number of carbonyl (C=O) groups is 2. The summed E-state index contributed by atoms with van der Waals surface area (Å²) in [6.07, 6.45) is -4.42. The number of nitrogens with zero attached hydrogens (tertiary/aromatic N) is 3. The average molecular weight is 354 g/mol. The highest BCUT2D eigenvalue weighted by atomic mass is 19.4. The first kappa shape index (κ1) is 16.9. The van der Waals surface area contributed by atoms with Crippen LogP contribution in [-0.2, 0) is 28.7 Å². The molecule has 0 bridgehead atoms. The summed E-state index contributed by atoms with van der Waals surface area (Å²) >= 11 is 0. The van der Waals surface area contributed by atoms with E-state index in [1.165, 1.54) is 11.8 Å². The molecule has 0 unspecified atom stereocenters. The van der Waals surface area contributed by atoms with Gasteiger partial charge in [0.2, 0.25) is 11.8 Å². The summed E-state index contributed by atoms with van der Waals surface area (Å²) in [6.45, 7) is 1.01. The van der Waals surface area contributed by atoms with Crippen LogP contribution in [-0.4, -0.2) is 28.0 Å². The molecular weight excluding hydrogens is 341 g/mol. The first-order valence-corrected chi connectivity index (χ1v) is 7.32. The van der Waals surface area contributed by atoms with E-state index in [-0.39, 0.29) is 18.3 Å². The number of nitrogens with one attached hydrogen (secondary N) is 1. The molecule has 7 nitrogen and oxygen atoms in total. The fourth-order valence-electron chi connectivity index (χ4n) is 2.71. The lowest BCUT2D eigenvalue weighted by atomic mass is 10.1. The monoisotopic (exact) mass is 354 g/mol. The average Bonchev–Trinajstić information content (AvgIpc) is 3.16. The van der Waals surface area contributed by atoms with Gasteiger partial charge in [0.05, 0.1) is 6.54 Å². The Balaban J connectivity index is 1.69. The Bertz CT molecular complexity index is 818. The molecule has 0 fully saturated rings. The zero-order valence-electron chi connectivity index (χ0n) is 13.0. The van der Waals surface area contributed by atoms with Crippen molar-refractivity contribution in [2.24, 2.45) is 0 Å². The summed E-state index contributed by atoms with van der Waals surface area (Å²) < 4.78 is 41.3. The van der Waals surface area contributed by atoms with Gasteiger partial charge in [-0.3, -0.25) is 14.5 Å². The van der Waals surface area contributed by atoms with E-state index < -0.39 is 24.0 Å². The van der Waals surface area contributed by atoms with Gasteiger partial charge < -0.3 is 9.84 Å². The number of halogens is 3. The normalized spacial score (nSPS) is 16.6. The van der Waals surface area contributed by atoms with Crippen molar-refractivity contribution in [1.82, 2.24) is 15.5 Å². The number of para-hydroxylation sites is 1. The van der Waals surface area contributed by atoms with Gasteiger partial charge in [-0.2, -0.15) is 18.2 Å². The fourth-order valence-corrected chi connectivity index (χ4v) is 2.71. The van der Waals surface area contributed by atoms with Gasteiger partial charge in [0, 0.05) is 19.0 Å². The van der Waals surface area contributed by atoms with Gasteiger partial charge in [-0.15, -0.1) is 0 Å². The maximum atomic E-state index is 12.4. The van der Waals surface area contributed by atoms with Crippen LogP contribution in [0.4, 0.5) is 18.9 Å². The highest BCUT2D eigenvalue weighted by Gasteiger charge is 2.39. The van der Waals surface area contributed by atoms with Crippen LogP contribution >= 0.6 is 0 Å². The van der Waals surface area contributed by atoms with Crippen LogP contribution in [0.5, 0.6) is 0 Å². The third-order valence-electron chi connectivity index (χ3n) is 3.75. The number of aromatic nitrogens is 2. The molecule has 1 aromatic heterocycles. The quantitative estimate of drug-likeness (QED) is 0.906. The molecule has 25 heavy (non-hydrogen) atoms. The third-order valence-corrected chi connectivity index (χ3v) is 3.75. The lowest BCUT2D eigenvalue weighted by Crippen LogP contribution is -2.47. The molecular formula is C15H13F3N4O3. The number of rotatable bonds is 3. The summed E-state index contributed by atoms with van der Waals surface area (Å²) in [6, 6.07) is 6.33. The first-order chi connectivity index (χ1) is 11.8. The molecule has 132 valence electrons. The second-order valence-electron chi connectivity index (χ2n) is 5.47. The Hall–Kier alpha value is -2.91. The highest BCUT2D eigenvalue weighted by Crippen LogP contribution is 2.32. The molecule has 1 aromatic carbocycles. The van der Waals surface area contributed by atoms with Gasteiger partial charge in [0.1, 0.15) is 6.04 Å². The summed E-state index contributed by atoms with van der Waals surface area (Å²) in [5.74, 6) is -2.59. The van der Waals surface area contributed by atoms with Gasteiger partial charge >= 0.3 is 12.1 Å². The number of hydrogen-bond donors (Lipinski definition) is 1. The Morgan fingerprint density at radius 1 is 1.36 bits per heavy atom. The van der Waals surface area contributed by atoms with Crippen molar-refractivity contribution in [3.8, 4) is 0 Å². The number of amides is 2. The van der Waals surface area contributed by atoms with Gasteiger partial charge in [-0.1, -0.05) is 23.4 Å². The first-order valence-electron chi connectivity index (χ1n) is 7.32. The van der Waals surface area contributed by atoms with Crippen molar-refractivity contribution in [2.45, 2.75) is 32.1 Å². The topological polar surface area (TPSA) is 88.3 Å². The molecule has 2 amide bonds. The second-order valence-corrected chi connectivity index (χ2v) is 5.47. The summed E-state index contributed by atoms with van der Waals surface area (Å²) in [7, 11) is 0. The maximum Gasteiger partial charge on any atom is 0.471 e. The van der Waals surface area contributed by atoms with Crippen LogP contribution in [0, 0.1) is 0 Å². The van der Waals surface area contributed by atoms with E-state index in [9.17, 15) is 22.8 Å². The van der Waals surface area contributed by atoms with Crippen LogP contribution in [0.2, 0.25) is 0 Å². The number of alkyl halides is 3. The summed E-state index contributed by atoms with van der Waals surface area (Å²) in [5.41, 5.74) is 1.49. The number of carbonyl (C=O) groups excluding carboxylic acids is 2. The highest BCUT2D eigenvalue weighted by molar-refractivity contribution is 6.02. The maximum absolute atomic E-state index is 12.4. The molecule has 0 saturated heterocycles. The van der Waals surface area contributed by atoms with Gasteiger partial charge in [-0.25, -0.2) is 0 Å². The van der Waals surface area contributed by atoms with E-state index in [0.717, 1.165) is 5.56 Å². The zero-order valence-corrected chi connectivity index (χ0v) is 13.0. The SMILES string of the molecule is CC(=O)N1c2ccccc2C[C@H]1C(=O)NCc1noc(C(F)(F)F)n1. The molecule has 3 rings (SSSR count). The lowest BCUT2D eigenvalue weighted by Gasteiger charge is -2.23. The van der Waals surface area contributed by atoms with Crippen LogP contribution in [0.1, 0.15) is 24.2 Å². The van der Waals surface area contributed by atoms with E-state index in [4.69, 9.17) is 0 Å². The standard InChI is InChI=1S/C15H13F3N4O3/c1-8(23)22-10-5-3-2-4-9(10)6-11(22)13(24)19-7-12-20-14(25-21-12)15(16,17)18/h2-5,11H,6-7H2,1H3,(H,19,24)/t11-/m0/s1. The Morgan fingerprint density at radius 3 is 2.72 bits per heavy atom. The smallest absolute Gasteiger partial charge is 0.347 e. The molecule has 1 N–H and O–H groups in total. The van der Waals surface area contributed by atoms with Crippen molar-refractivity contribution in [3.05, 3.63) is 41.5 Å². The van der Waals surface area contributed by atoms with Crippen molar-refractivity contribution in [2.75, 3.05) is 4.90 Å². The third kappa shape index (κ3) is 3.32. The van der Waals surface area contributed by atoms with E-state index in [1.54, 1.807) is 18.2 Å². The largest absolute Gasteiger partial charge is 0.471 e. The number of hydrogen-bond acceptors (Lipinski definition) is 5. The van der Waals surface area contributed by atoms with Crippen molar-refractivity contribution >= 4 is 17.5 Å². The molecule has 0 radical (unpaired) electrons. The molecule has 10 heteroatoms.